The standard InChI is InChI=1S/C10H14F3N3O2S/c1-3-16-8(7(14)6(2)15-16)9(17)18-4-5-19-10(11,12)13/h3-5,14H2,1-2H3. The van der Waals surface area contributed by atoms with Gasteiger partial charge in [0.2, 0.25) is 0 Å². The molecular weight excluding hydrogens is 283 g/mol. The number of carbonyl (C=O) groups is 1. The lowest BCUT2D eigenvalue weighted by atomic mass is 10.3. The summed E-state index contributed by atoms with van der Waals surface area (Å²) in [4.78, 5) is 11.7. The first-order chi connectivity index (χ1) is 8.76. The number of ether oxygens (including phenoxy) is 1. The highest BCUT2D eigenvalue weighted by molar-refractivity contribution is 8.00. The molecule has 108 valence electrons. The normalized spacial score (nSPS) is 11.6. The Kier molecular flexibility index (Phi) is 5.10. The first-order valence-electron chi connectivity index (χ1n) is 5.47. The lowest BCUT2D eigenvalue weighted by Gasteiger charge is -2.08. The van der Waals surface area contributed by atoms with Crippen molar-refractivity contribution in [3.8, 4) is 0 Å². The molecule has 0 aromatic carbocycles. The number of anilines is 1. The van der Waals surface area contributed by atoms with E-state index in [1.165, 1.54) is 4.68 Å². The van der Waals surface area contributed by atoms with Crippen LogP contribution in [-0.2, 0) is 11.3 Å². The van der Waals surface area contributed by atoms with Crippen LogP contribution >= 0.6 is 11.8 Å². The van der Waals surface area contributed by atoms with Gasteiger partial charge in [-0.05, 0) is 25.6 Å². The quantitative estimate of drug-likeness (QED) is 0.666. The summed E-state index contributed by atoms with van der Waals surface area (Å²) in [7, 11) is 0. The van der Waals surface area contributed by atoms with Crippen LogP contribution in [0.2, 0.25) is 0 Å². The van der Waals surface area contributed by atoms with E-state index in [9.17, 15) is 18.0 Å². The van der Waals surface area contributed by atoms with Crippen LogP contribution in [0.1, 0.15) is 23.1 Å². The van der Waals surface area contributed by atoms with E-state index in [0.717, 1.165) is 0 Å². The molecule has 2 N–H and O–H groups in total. The van der Waals surface area contributed by atoms with Crippen molar-refractivity contribution in [1.29, 1.82) is 0 Å². The number of rotatable bonds is 5. The number of hydrogen-bond donors (Lipinski definition) is 1. The molecule has 0 radical (unpaired) electrons. The van der Waals surface area contributed by atoms with Crippen LogP contribution in [-0.4, -0.2) is 33.6 Å². The van der Waals surface area contributed by atoms with Crippen molar-refractivity contribution < 1.29 is 22.7 Å². The molecule has 0 atom stereocenters. The number of nitrogen functional groups attached to an aromatic ring is 1. The summed E-state index contributed by atoms with van der Waals surface area (Å²) in [6, 6.07) is 0. The molecule has 9 heteroatoms. The van der Waals surface area contributed by atoms with Crippen LogP contribution in [0.5, 0.6) is 0 Å². The molecule has 1 heterocycles. The minimum atomic E-state index is -4.33. The van der Waals surface area contributed by atoms with Gasteiger partial charge in [-0.2, -0.15) is 18.3 Å². The van der Waals surface area contributed by atoms with Crippen LogP contribution in [0.15, 0.2) is 0 Å². The Morgan fingerprint density at radius 1 is 1.53 bits per heavy atom. The zero-order valence-electron chi connectivity index (χ0n) is 10.5. The average Bonchev–Trinajstić information content (AvgIpc) is 2.59. The fourth-order valence-electron chi connectivity index (χ4n) is 1.40. The smallest absolute Gasteiger partial charge is 0.441 e. The van der Waals surface area contributed by atoms with E-state index in [-0.39, 0.29) is 35.5 Å². The van der Waals surface area contributed by atoms with E-state index >= 15 is 0 Å². The Bertz CT molecular complexity index is 460. The molecule has 19 heavy (non-hydrogen) atoms. The Hall–Kier alpha value is -1.38. The summed E-state index contributed by atoms with van der Waals surface area (Å²) in [5.41, 5.74) is 2.11. The molecule has 0 saturated heterocycles. The molecule has 1 aromatic rings. The van der Waals surface area contributed by atoms with Gasteiger partial charge in [0.25, 0.3) is 0 Å². The lowest BCUT2D eigenvalue weighted by molar-refractivity contribution is -0.0331. The highest BCUT2D eigenvalue weighted by Crippen LogP contribution is 2.29. The fraction of sp³-hybridized carbons (Fsp3) is 0.600. The molecule has 0 spiro atoms. The van der Waals surface area contributed by atoms with Gasteiger partial charge in [0.15, 0.2) is 5.69 Å². The van der Waals surface area contributed by atoms with Gasteiger partial charge in [0.1, 0.15) is 6.61 Å². The largest absolute Gasteiger partial charge is 0.460 e. The maximum Gasteiger partial charge on any atom is 0.441 e. The topological polar surface area (TPSA) is 70.1 Å². The summed E-state index contributed by atoms with van der Waals surface area (Å²) in [5, 5.41) is 4.02. The van der Waals surface area contributed by atoms with Crippen molar-refractivity contribution in [2.45, 2.75) is 25.9 Å². The zero-order valence-corrected chi connectivity index (χ0v) is 11.3. The molecule has 0 aliphatic rings. The number of nitrogens with zero attached hydrogens (tertiary/aromatic N) is 2. The van der Waals surface area contributed by atoms with Gasteiger partial charge in [0.05, 0.1) is 11.4 Å². The second kappa shape index (κ2) is 6.18. The number of aryl methyl sites for hydroxylation is 2. The second-order valence-corrected chi connectivity index (χ2v) is 4.75. The van der Waals surface area contributed by atoms with Crippen LogP contribution in [0, 0.1) is 6.92 Å². The summed E-state index contributed by atoms with van der Waals surface area (Å²) < 4.78 is 41.8. The van der Waals surface area contributed by atoms with Crippen LogP contribution < -0.4 is 5.73 Å². The van der Waals surface area contributed by atoms with Crippen LogP contribution in [0.4, 0.5) is 18.9 Å². The van der Waals surface area contributed by atoms with Gasteiger partial charge in [-0.3, -0.25) is 4.68 Å². The Morgan fingerprint density at radius 3 is 2.68 bits per heavy atom. The van der Waals surface area contributed by atoms with E-state index in [2.05, 4.69) is 5.10 Å². The fourth-order valence-corrected chi connectivity index (χ4v) is 1.80. The van der Waals surface area contributed by atoms with Crippen molar-refractivity contribution in [3.05, 3.63) is 11.4 Å². The lowest BCUT2D eigenvalue weighted by Crippen LogP contribution is -2.16. The molecule has 5 nitrogen and oxygen atoms in total. The Labute approximate surface area is 112 Å². The van der Waals surface area contributed by atoms with E-state index in [0.29, 0.717) is 12.2 Å². The first-order valence-corrected chi connectivity index (χ1v) is 6.45. The number of carbonyl (C=O) groups excluding carboxylic acids is 1. The maximum atomic E-state index is 11.9. The van der Waals surface area contributed by atoms with Crippen molar-refractivity contribution in [2.75, 3.05) is 18.1 Å². The monoisotopic (exact) mass is 297 g/mol. The van der Waals surface area contributed by atoms with Gasteiger partial charge < -0.3 is 10.5 Å². The van der Waals surface area contributed by atoms with E-state index in [1.54, 1.807) is 13.8 Å². The number of alkyl halides is 3. The average molecular weight is 297 g/mol. The summed E-state index contributed by atoms with van der Waals surface area (Å²) >= 11 is -0.241. The number of esters is 1. The third kappa shape index (κ3) is 4.34. The Balaban J connectivity index is 2.59. The van der Waals surface area contributed by atoms with Crippen LogP contribution in [0.25, 0.3) is 0 Å². The number of hydrogen-bond acceptors (Lipinski definition) is 5. The van der Waals surface area contributed by atoms with Gasteiger partial charge in [-0.1, -0.05) is 0 Å². The predicted molar refractivity (Wildman–Crippen MR) is 65.8 cm³/mol. The molecular formula is C10H14F3N3O2S. The third-order valence-corrected chi connectivity index (χ3v) is 2.95. The van der Waals surface area contributed by atoms with E-state index < -0.39 is 11.5 Å². The molecule has 0 aliphatic carbocycles. The summed E-state index contributed by atoms with van der Waals surface area (Å²) in [6.45, 7) is 3.48. The second-order valence-electron chi connectivity index (χ2n) is 3.59. The molecule has 0 fully saturated rings. The SMILES string of the molecule is CCn1nc(C)c(N)c1C(=O)OCCSC(F)(F)F. The minimum absolute atomic E-state index is 0.0806. The highest BCUT2D eigenvalue weighted by atomic mass is 32.2. The molecule has 0 bridgehead atoms. The number of aromatic nitrogens is 2. The number of nitrogens with two attached hydrogens (primary N) is 1. The van der Waals surface area contributed by atoms with Gasteiger partial charge >= 0.3 is 11.5 Å². The molecule has 0 amide bonds. The molecule has 0 aliphatic heterocycles. The van der Waals surface area contributed by atoms with E-state index in [4.69, 9.17) is 10.5 Å². The maximum absolute atomic E-state index is 11.9. The van der Waals surface area contributed by atoms with Crippen LogP contribution in [0.3, 0.4) is 0 Å². The summed E-state index contributed by atoms with van der Waals surface area (Å²) in [6.07, 6.45) is 0. The zero-order chi connectivity index (χ0) is 14.6. The minimum Gasteiger partial charge on any atom is -0.460 e. The number of halogens is 3. The third-order valence-electron chi connectivity index (χ3n) is 2.25. The van der Waals surface area contributed by atoms with Crippen molar-refractivity contribution >= 4 is 23.4 Å². The molecule has 0 unspecified atom stereocenters. The summed E-state index contributed by atoms with van der Waals surface area (Å²) in [5.74, 6) is -1.11. The highest BCUT2D eigenvalue weighted by Gasteiger charge is 2.28. The molecule has 1 rings (SSSR count). The molecule has 1 aromatic heterocycles. The predicted octanol–water partition coefficient (Wildman–Crippen LogP) is 2.20. The van der Waals surface area contributed by atoms with Gasteiger partial charge in [-0.15, -0.1) is 0 Å². The van der Waals surface area contributed by atoms with E-state index in [1.807, 2.05) is 0 Å². The van der Waals surface area contributed by atoms with Gasteiger partial charge in [0, 0.05) is 12.3 Å². The molecule has 0 saturated carbocycles. The van der Waals surface area contributed by atoms with Crippen molar-refractivity contribution in [3.63, 3.8) is 0 Å². The van der Waals surface area contributed by atoms with Gasteiger partial charge in [-0.25, -0.2) is 4.79 Å². The first kappa shape index (κ1) is 15.7. The van der Waals surface area contributed by atoms with Crippen molar-refractivity contribution in [1.82, 2.24) is 9.78 Å². The van der Waals surface area contributed by atoms with Crippen molar-refractivity contribution in [2.24, 2.45) is 0 Å². The Morgan fingerprint density at radius 2 is 2.16 bits per heavy atom. The number of thioether (sulfide) groups is 1.